The van der Waals surface area contributed by atoms with Crippen LogP contribution in [0.1, 0.15) is 24.8 Å². The van der Waals surface area contributed by atoms with E-state index in [4.69, 9.17) is 19.9 Å². The molecular formula is C18H30IN3O3. The Morgan fingerprint density at radius 2 is 2.08 bits per heavy atom. The third kappa shape index (κ3) is 8.84. The van der Waals surface area contributed by atoms with Gasteiger partial charge in [0, 0.05) is 51.3 Å². The van der Waals surface area contributed by atoms with Crippen molar-refractivity contribution in [2.24, 2.45) is 16.6 Å². The number of aliphatic imine (C=N–C) groups is 1. The number of para-hydroxylation sites is 1. The molecule has 1 saturated heterocycles. The van der Waals surface area contributed by atoms with Gasteiger partial charge in [-0.15, -0.1) is 24.0 Å². The largest absolute Gasteiger partial charge is 0.381 e. The van der Waals surface area contributed by atoms with Crippen molar-refractivity contribution in [2.75, 3.05) is 45.4 Å². The quantitative estimate of drug-likeness (QED) is 0.255. The molecule has 0 amide bonds. The highest BCUT2D eigenvalue weighted by Gasteiger charge is 2.13. The van der Waals surface area contributed by atoms with Crippen LogP contribution in [0.5, 0.6) is 0 Å². The molecule has 0 unspecified atom stereocenters. The van der Waals surface area contributed by atoms with E-state index in [1.807, 2.05) is 24.3 Å². The van der Waals surface area contributed by atoms with Gasteiger partial charge in [-0.2, -0.15) is 0 Å². The molecule has 0 saturated carbocycles. The van der Waals surface area contributed by atoms with E-state index >= 15 is 0 Å². The lowest BCUT2D eigenvalue weighted by Crippen LogP contribution is -2.24. The van der Waals surface area contributed by atoms with Gasteiger partial charge in [0.25, 0.3) is 0 Å². The third-order valence-corrected chi connectivity index (χ3v) is 4.00. The lowest BCUT2D eigenvalue weighted by molar-refractivity contribution is 0.0205. The maximum absolute atomic E-state index is 5.95. The maximum Gasteiger partial charge on any atom is 0.193 e. The Balaban J connectivity index is 0.00000312. The second kappa shape index (κ2) is 13.3. The average Bonchev–Trinajstić information content (AvgIpc) is 2.61. The van der Waals surface area contributed by atoms with Gasteiger partial charge in [0.15, 0.2) is 5.96 Å². The number of rotatable bonds is 9. The fourth-order valence-electron chi connectivity index (χ4n) is 2.63. The van der Waals surface area contributed by atoms with Crippen molar-refractivity contribution in [1.82, 2.24) is 0 Å². The molecule has 1 aromatic carbocycles. The maximum atomic E-state index is 5.95. The predicted molar refractivity (Wildman–Crippen MR) is 112 cm³/mol. The molecule has 1 heterocycles. The van der Waals surface area contributed by atoms with Crippen molar-refractivity contribution in [3.63, 3.8) is 0 Å². The minimum Gasteiger partial charge on any atom is -0.381 e. The van der Waals surface area contributed by atoms with Crippen molar-refractivity contribution in [3.8, 4) is 0 Å². The number of ether oxygens (including phenoxy) is 3. The first kappa shape index (κ1) is 22.1. The molecule has 1 aliphatic heterocycles. The van der Waals surface area contributed by atoms with E-state index in [9.17, 15) is 0 Å². The van der Waals surface area contributed by atoms with Crippen molar-refractivity contribution in [1.29, 1.82) is 0 Å². The smallest absolute Gasteiger partial charge is 0.193 e. The summed E-state index contributed by atoms with van der Waals surface area (Å²) in [6.07, 6.45) is 3.08. The number of halogens is 1. The number of hydrogen-bond acceptors (Lipinski definition) is 4. The summed E-state index contributed by atoms with van der Waals surface area (Å²) in [7, 11) is 1.68. The zero-order valence-corrected chi connectivity index (χ0v) is 17.2. The Labute approximate surface area is 167 Å². The van der Waals surface area contributed by atoms with E-state index < -0.39 is 0 Å². The highest BCUT2D eigenvalue weighted by atomic mass is 127. The summed E-state index contributed by atoms with van der Waals surface area (Å²) in [5.41, 5.74) is 7.93. The number of methoxy groups -OCH3 is 1. The van der Waals surface area contributed by atoms with Crippen molar-refractivity contribution < 1.29 is 14.2 Å². The van der Waals surface area contributed by atoms with Gasteiger partial charge in [-0.1, -0.05) is 18.2 Å². The summed E-state index contributed by atoms with van der Waals surface area (Å²) in [5, 5.41) is 3.13. The molecule has 6 nitrogen and oxygen atoms in total. The molecule has 0 radical (unpaired) electrons. The van der Waals surface area contributed by atoms with Gasteiger partial charge in [0.2, 0.25) is 0 Å². The summed E-state index contributed by atoms with van der Waals surface area (Å²) < 4.78 is 16.2. The molecule has 0 aliphatic carbocycles. The molecule has 25 heavy (non-hydrogen) atoms. The van der Waals surface area contributed by atoms with Crippen LogP contribution in [-0.2, 0) is 20.8 Å². The van der Waals surface area contributed by atoms with E-state index in [-0.39, 0.29) is 24.0 Å². The highest BCUT2D eigenvalue weighted by Crippen LogP contribution is 2.16. The van der Waals surface area contributed by atoms with E-state index in [1.165, 1.54) is 0 Å². The molecule has 1 aliphatic rings. The molecule has 0 aromatic heterocycles. The van der Waals surface area contributed by atoms with Gasteiger partial charge >= 0.3 is 0 Å². The second-order valence-electron chi connectivity index (χ2n) is 5.97. The molecule has 1 aromatic rings. The molecule has 0 spiro atoms. The molecule has 7 heteroatoms. The van der Waals surface area contributed by atoms with Crippen LogP contribution in [0, 0.1) is 5.92 Å². The standard InChI is InChI=1S/C18H29N3O3.HI/c1-22-14-16-5-2-3-6-17(16)21-18(19)20-9-4-10-24-13-15-7-11-23-12-8-15;/h2-3,5-6,15H,4,7-14H2,1H3,(H3,19,20,21);1H. The number of anilines is 1. The second-order valence-corrected chi connectivity index (χ2v) is 5.97. The fourth-order valence-corrected chi connectivity index (χ4v) is 2.63. The van der Waals surface area contributed by atoms with E-state index in [1.54, 1.807) is 7.11 Å². The SMILES string of the molecule is COCc1ccccc1NC(N)=NCCCOCC1CCOCC1.I. The van der Waals surface area contributed by atoms with Gasteiger partial charge < -0.3 is 25.3 Å². The van der Waals surface area contributed by atoms with E-state index in [0.29, 0.717) is 31.6 Å². The van der Waals surface area contributed by atoms with Gasteiger partial charge in [-0.25, -0.2) is 0 Å². The lowest BCUT2D eigenvalue weighted by atomic mass is 10.0. The first-order valence-electron chi connectivity index (χ1n) is 8.59. The van der Waals surface area contributed by atoms with Gasteiger partial charge in [-0.05, 0) is 31.2 Å². The minimum atomic E-state index is 0. The summed E-state index contributed by atoms with van der Waals surface area (Å²) in [6.45, 7) is 4.46. The number of benzene rings is 1. The van der Waals surface area contributed by atoms with Gasteiger partial charge in [-0.3, -0.25) is 4.99 Å². The van der Waals surface area contributed by atoms with Crippen LogP contribution in [0.2, 0.25) is 0 Å². The highest BCUT2D eigenvalue weighted by molar-refractivity contribution is 14.0. The van der Waals surface area contributed by atoms with Crippen LogP contribution < -0.4 is 11.1 Å². The van der Waals surface area contributed by atoms with Crippen LogP contribution >= 0.6 is 24.0 Å². The zero-order chi connectivity index (χ0) is 17.0. The number of nitrogens with two attached hydrogens (primary N) is 1. The number of guanidine groups is 1. The first-order valence-corrected chi connectivity index (χ1v) is 8.59. The van der Waals surface area contributed by atoms with Crippen LogP contribution in [0.3, 0.4) is 0 Å². The first-order chi connectivity index (χ1) is 11.8. The fraction of sp³-hybridized carbons (Fsp3) is 0.611. The van der Waals surface area contributed by atoms with Crippen molar-refractivity contribution in [3.05, 3.63) is 29.8 Å². The number of nitrogens with one attached hydrogen (secondary N) is 1. The molecule has 1 fully saturated rings. The van der Waals surface area contributed by atoms with Crippen LogP contribution in [0.25, 0.3) is 0 Å². The van der Waals surface area contributed by atoms with Gasteiger partial charge in [0.05, 0.1) is 6.61 Å². The summed E-state index contributed by atoms with van der Waals surface area (Å²) in [5.74, 6) is 1.06. The minimum absolute atomic E-state index is 0. The van der Waals surface area contributed by atoms with Gasteiger partial charge in [0.1, 0.15) is 0 Å². The monoisotopic (exact) mass is 463 g/mol. The molecule has 0 atom stereocenters. The molecule has 2 rings (SSSR count). The lowest BCUT2D eigenvalue weighted by Gasteiger charge is -2.21. The Morgan fingerprint density at radius 1 is 1.32 bits per heavy atom. The summed E-state index contributed by atoms with van der Waals surface area (Å²) >= 11 is 0. The Morgan fingerprint density at radius 3 is 2.84 bits per heavy atom. The van der Waals surface area contributed by atoms with Crippen LogP contribution in [-0.4, -0.2) is 46.0 Å². The number of hydrogen-bond donors (Lipinski definition) is 2. The van der Waals surface area contributed by atoms with E-state index in [0.717, 1.165) is 50.3 Å². The van der Waals surface area contributed by atoms with E-state index in [2.05, 4.69) is 10.3 Å². The molecule has 3 N–H and O–H groups in total. The van der Waals surface area contributed by atoms with Crippen LogP contribution in [0.4, 0.5) is 5.69 Å². The Kier molecular flexibility index (Phi) is 11.8. The van der Waals surface area contributed by atoms with Crippen LogP contribution in [0.15, 0.2) is 29.3 Å². The average molecular weight is 463 g/mol. The Bertz CT molecular complexity index is 508. The zero-order valence-electron chi connectivity index (χ0n) is 14.9. The van der Waals surface area contributed by atoms with Crippen molar-refractivity contribution >= 4 is 35.6 Å². The Hall–Kier alpha value is -0.900. The summed E-state index contributed by atoms with van der Waals surface area (Å²) in [4.78, 5) is 4.35. The molecule has 142 valence electrons. The van der Waals surface area contributed by atoms with Crippen molar-refractivity contribution in [2.45, 2.75) is 25.9 Å². The molecular weight excluding hydrogens is 433 g/mol. The normalized spacial score (nSPS) is 15.6. The molecule has 0 bridgehead atoms. The topological polar surface area (TPSA) is 78.1 Å². The number of nitrogens with zero attached hydrogens (tertiary/aromatic N) is 1. The third-order valence-electron chi connectivity index (χ3n) is 4.00. The predicted octanol–water partition coefficient (Wildman–Crippen LogP) is 3.01. The summed E-state index contributed by atoms with van der Waals surface area (Å²) in [6, 6.07) is 7.90.